The molecule has 2 aliphatic rings. The summed E-state index contributed by atoms with van der Waals surface area (Å²) in [5.74, 6) is 1.85. The van der Waals surface area contributed by atoms with Gasteiger partial charge in [0, 0.05) is 11.1 Å². The molecule has 1 amide bonds. The van der Waals surface area contributed by atoms with Crippen LogP contribution in [0.1, 0.15) is 51.2 Å². The quantitative estimate of drug-likeness (QED) is 0.764. The van der Waals surface area contributed by atoms with Crippen LogP contribution < -0.4 is 14.4 Å². The molecule has 5 heteroatoms. The molecule has 0 saturated carbocycles. The highest BCUT2D eigenvalue weighted by Crippen LogP contribution is 2.50. The summed E-state index contributed by atoms with van der Waals surface area (Å²) in [7, 11) is 1.63. The van der Waals surface area contributed by atoms with Crippen LogP contribution in [0, 0.1) is 0 Å². The predicted octanol–water partition coefficient (Wildman–Crippen LogP) is 4.85. The van der Waals surface area contributed by atoms with E-state index in [4.69, 9.17) is 14.5 Å². The molecule has 146 valence electrons. The maximum Gasteiger partial charge on any atom is 0.278 e. The summed E-state index contributed by atoms with van der Waals surface area (Å²) in [6.07, 6.45) is 0.899. The van der Waals surface area contributed by atoms with Crippen molar-refractivity contribution >= 4 is 23.0 Å². The molecule has 0 aromatic heterocycles. The average molecular weight is 378 g/mol. The number of carbonyl (C=O) groups excluding carboxylic acids is 1. The topological polar surface area (TPSA) is 51.1 Å². The maximum absolute atomic E-state index is 13.4. The normalized spacial score (nSPS) is 21.0. The van der Waals surface area contributed by atoms with Gasteiger partial charge in [0.15, 0.2) is 0 Å². The first-order chi connectivity index (χ1) is 13.4. The molecular formula is C23H26N2O3. The Hall–Kier alpha value is -2.82. The van der Waals surface area contributed by atoms with E-state index in [1.807, 2.05) is 42.2 Å². The number of benzene rings is 2. The van der Waals surface area contributed by atoms with Crippen molar-refractivity contribution in [3.05, 3.63) is 47.5 Å². The SMILES string of the molecule is CCOc1cc2c3c(c1)C(C)CC(C)(C)N3C(=O)C2=Nc1ccc(OC)cc1. The Balaban J connectivity index is 1.90. The van der Waals surface area contributed by atoms with E-state index >= 15 is 0 Å². The Morgan fingerprint density at radius 3 is 2.54 bits per heavy atom. The number of hydrogen-bond acceptors (Lipinski definition) is 4. The Labute approximate surface area is 166 Å². The molecule has 0 N–H and O–H groups in total. The van der Waals surface area contributed by atoms with Gasteiger partial charge >= 0.3 is 0 Å². The van der Waals surface area contributed by atoms with Gasteiger partial charge in [0.2, 0.25) is 0 Å². The number of rotatable bonds is 4. The van der Waals surface area contributed by atoms with E-state index in [-0.39, 0.29) is 11.4 Å². The first-order valence-electron chi connectivity index (χ1n) is 9.74. The first kappa shape index (κ1) is 18.5. The summed E-state index contributed by atoms with van der Waals surface area (Å²) in [4.78, 5) is 20.1. The van der Waals surface area contributed by atoms with Gasteiger partial charge in [-0.2, -0.15) is 0 Å². The van der Waals surface area contributed by atoms with Gasteiger partial charge in [-0.3, -0.25) is 4.79 Å². The Morgan fingerprint density at radius 2 is 1.89 bits per heavy atom. The summed E-state index contributed by atoms with van der Waals surface area (Å²) in [6, 6.07) is 11.5. The zero-order valence-corrected chi connectivity index (χ0v) is 17.1. The van der Waals surface area contributed by atoms with Gasteiger partial charge < -0.3 is 14.4 Å². The molecule has 28 heavy (non-hydrogen) atoms. The van der Waals surface area contributed by atoms with Crippen LogP contribution in [-0.2, 0) is 4.79 Å². The van der Waals surface area contributed by atoms with Crippen molar-refractivity contribution in [3.63, 3.8) is 0 Å². The second-order valence-electron chi connectivity index (χ2n) is 8.06. The van der Waals surface area contributed by atoms with E-state index in [2.05, 4.69) is 26.8 Å². The Kier molecular flexibility index (Phi) is 4.41. The van der Waals surface area contributed by atoms with Crippen LogP contribution >= 0.6 is 0 Å². The minimum absolute atomic E-state index is 0.0439. The Morgan fingerprint density at radius 1 is 1.18 bits per heavy atom. The lowest BCUT2D eigenvalue weighted by atomic mass is 9.80. The van der Waals surface area contributed by atoms with Crippen LogP contribution in [0.2, 0.25) is 0 Å². The molecule has 1 atom stereocenters. The third-order valence-corrected chi connectivity index (χ3v) is 5.56. The van der Waals surface area contributed by atoms with Crippen molar-refractivity contribution in [1.82, 2.24) is 0 Å². The molecule has 2 heterocycles. The summed E-state index contributed by atoms with van der Waals surface area (Å²) in [5.41, 5.74) is 3.96. The van der Waals surface area contributed by atoms with Gasteiger partial charge in [-0.1, -0.05) is 6.92 Å². The van der Waals surface area contributed by atoms with Gasteiger partial charge in [0.1, 0.15) is 17.2 Å². The standard InChI is InChI=1S/C23H26N2O3/c1-6-28-17-11-18-14(2)13-23(3,4)25-21(18)19(12-17)20(22(25)26)24-15-7-9-16(27-5)10-8-15/h7-12,14H,6,13H2,1-5H3. The van der Waals surface area contributed by atoms with E-state index in [1.54, 1.807) is 7.11 Å². The van der Waals surface area contributed by atoms with Gasteiger partial charge in [0.25, 0.3) is 5.91 Å². The summed E-state index contributed by atoms with van der Waals surface area (Å²) in [5, 5.41) is 0. The smallest absolute Gasteiger partial charge is 0.278 e. The van der Waals surface area contributed by atoms with E-state index < -0.39 is 0 Å². The van der Waals surface area contributed by atoms with Crippen LogP contribution in [0.3, 0.4) is 0 Å². The lowest BCUT2D eigenvalue weighted by Crippen LogP contribution is -2.50. The van der Waals surface area contributed by atoms with Crippen molar-refractivity contribution in [3.8, 4) is 11.5 Å². The fourth-order valence-corrected chi connectivity index (χ4v) is 4.43. The van der Waals surface area contributed by atoms with Crippen LogP contribution in [0.25, 0.3) is 0 Å². The summed E-state index contributed by atoms with van der Waals surface area (Å²) >= 11 is 0. The van der Waals surface area contributed by atoms with E-state index in [0.29, 0.717) is 18.2 Å². The first-order valence-corrected chi connectivity index (χ1v) is 9.74. The summed E-state index contributed by atoms with van der Waals surface area (Å²) < 4.78 is 11.0. The predicted molar refractivity (Wildman–Crippen MR) is 111 cm³/mol. The van der Waals surface area contributed by atoms with Crippen molar-refractivity contribution in [2.75, 3.05) is 18.6 Å². The molecule has 0 fully saturated rings. The minimum Gasteiger partial charge on any atom is -0.497 e. The van der Waals surface area contributed by atoms with Crippen molar-refractivity contribution < 1.29 is 14.3 Å². The molecule has 2 aromatic carbocycles. The lowest BCUT2D eigenvalue weighted by Gasteiger charge is -2.43. The molecule has 0 aliphatic carbocycles. The molecule has 0 radical (unpaired) electrons. The molecule has 0 spiro atoms. The molecule has 0 bridgehead atoms. The monoisotopic (exact) mass is 378 g/mol. The van der Waals surface area contributed by atoms with Gasteiger partial charge in [0.05, 0.1) is 25.1 Å². The molecule has 2 aromatic rings. The molecular weight excluding hydrogens is 352 g/mol. The third kappa shape index (κ3) is 2.86. The van der Waals surface area contributed by atoms with Crippen molar-refractivity contribution in [2.24, 2.45) is 4.99 Å². The minimum atomic E-state index is -0.261. The van der Waals surface area contributed by atoms with Crippen LogP contribution in [0.15, 0.2) is 41.4 Å². The fraction of sp³-hybridized carbons (Fsp3) is 0.391. The molecule has 2 aliphatic heterocycles. The number of ether oxygens (including phenoxy) is 2. The average Bonchev–Trinajstić information content (AvgIpc) is 2.93. The number of methoxy groups -OCH3 is 1. The number of aliphatic imine (C=N–C) groups is 1. The van der Waals surface area contributed by atoms with Crippen molar-refractivity contribution in [1.29, 1.82) is 0 Å². The largest absolute Gasteiger partial charge is 0.497 e. The highest BCUT2D eigenvalue weighted by Gasteiger charge is 2.48. The zero-order chi connectivity index (χ0) is 20.1. The van der Waals surface area contributed by atoms with Crippen LogP contribution in [0.5, 0.6) is 11.5 Å². The number of hydrogen-bond donors (Lipinski definition) is 0. The highest BCUT2D eigenvalue weighted by molar-refractivity contribution is 6.55. The van der Waals surface area contributed by atoms with E-state index in [1.165, 1.54) is 0 Å². The third-order valence-electron chi connectivity index (χ3n) is 5.56. The van der Waals surface area contributed by atoms with Gasteiger partial charge in [-0.25, -0.2) is 4.99 Å². The number of nitrogens with zero attached hydrogens (tertiary/aromatic N) is 2. The van der Waals surface area contributed by atoms with Gasteiger partial charge in [-0.05, 0) is 75.1 Å². The zero-order valence-electron chi connectivity index (χ0n) is 17.1. The van der Waals surface area contributed by atoms with Crippen LogP contribution in [-0.4, -0.2) is 30.9 Å². The molecule has 0 saturated heterocycles. The fourth-order valence-electron chi connectivity index (χ4n) is 4.43. The number of amides is 1. The lowest BCUT2D eigenvalue weighted by molar-refractivity contribution is -0.113. The van der Waals surface area contributed by atoms with Gasteiger partial charge in [-0.15, -0.1) is 0 Å². The molecule has 4 rings (SSSR count). The molecule has 5 nitrogen and oxygen atoms in total. The van der Waals surface area contributed by atoms with E-state index in [0.717, 1.165) is 40.4 Å². The summed E-state index contributed by atoms with van der Waals surface area (Å²) in [6.45, 7) is 9.02. The number of carbonyl (C=O) groups is 1. The van der Waals surface area contributed by atoms with E-state index in [9.17, 15) is 4.79 Å². The second kappa shape index (κ2) is 6.66. The second-order valence-corrected chi connectivity index (χ2v) is 8.06. The highest BCUT2D eigenvalue weighted by atomic mass is 16.5. The Bertz CT molecular complexity index is 961. The van der Waals surface area contributed by atoms with Crippen LogP contribution in [0.4, 0.5) is 11.4 Å². The number of anilines is 1. The maximum atomic E-state index is 13.4. The molecule has 1 unspecified atom stereocenters. The van der Waals surface area contributed by atoms with Crippen molar-refractivity contribution in [2.45, 2.75) is 45.6 Å².